The third-order valence-electron chi connectivity index (χ3n) is 8.16. The van der Waals surface area contributed by atoms with Crippen molar-refractivity contribution in [3.8, 4) is 11.1 Å². The first kappa shape index (κ1) is 14.2. The van der Waals surface area contributed by atoms with Crippen LogP contribution in [0.25, 0.3) is 43.4 Å². The molecule has 226 valence electrons. The summed E-state index contributed by atoms with van der Waals surface area (Å²) >= 11 is 0. The molecule has 2 nitrogen and oxygen atoms in total. The fourth-order valence-electron chi connectivity index (χ4n) is 6.17. The highest BCUT2D eigenvalue weighted by Crippen LogP contribution is 2.45. The average Bonchev–Trinajstić information content (AvgIpc) is 3.34. The minimum atomic E-state index is -0.698. The van der Waals surface area contributed by atoms with Gasteiger partial charge >= 0.3 is 0 Å². The Morgan fingerprint density at radius 2 is 0.750 bits per heavy atom. The Morgan fingerprint density at radius 3 is 1.27 bits per heavy atom. The summed E-state index contributed by atoms with van der Waals surface area (Å²) in [6.45, 7) is 0. The Labute approximate surface area is 308 Å². The zero-order valence-corrected chi connectivity index (χ0v) is 24.8. The van der Waals surface area contributed by atoms with Crippen LogP contribution in [0.3, 0.4) is 0 Å². The maximum Gasteiger partial charge on any atom is 0.0645 e. The summed E-state index contributed by atoms with van der Waals surface area (Å²) in [6, 6.07) is 7.07. The van der Waals surface area contributed by atoms with E-state index in [1.807, 2.05) is 24.3 Å². The molecule has 0 fully saturated rings. The summed E-state index contributed by atoms with van der Waals surface area (Å²) in [4.78, 5) is 2.19. The molecule has 0 aliphatic rings. The van der Waals surface area contributed by atoms with Crippen molar-refractivity contribution in [2.24, 2.45) is 0 Å². The molecular weight excluding hydrogens is 581 g/mol. The van der Waals surface area contributed by atoms with Crippen LogP contribution in [-0.2, 0) is 0 Å². The van der Waals surface area contributed by atoms with Gasteiger partial charge in [-0.15, -0.1) is 0 Å². The smallest absolute Gasteiger partial charge is 0.0645 e. The van der Waals surface area contributed by atoms with E-state index in [4.69, 9.17) is 27.4 Å². The largest absolute Gasteiger partial charge is 0.311 e. The second-order valence-corrected chi connectivity index (χ2v) is 10.7. The third-order valence-corrected chi connectivity index (χ3v) is 8.16. The van der Waals surface area contributed by atoms with Gasteiger partial charge in [-0.3, -0.25) is 0 Å². The molecule has 0 bridgehead atoms. The van der Waals surface area contributed by atoms with Crippen LogP contribution < -0.4 is 9.80 Å². The molecule has 0 heterocycles. The molecule has 48 heavy (non-hydrogen) atoms. The highest BCUT2D eigenvalue weighted by atomic mass is 15.1. The van der Waals surface area contributed by atoms with Crippen LogP contribution in [0.15, 0.2) is 194 Å². The zero-order valence-electron chi connectivity index (χ0n) is 44.8. The number of para-hydroxylation sites is 4. The van der Waals surface area contributed by atoms with Gasteiger partial charge in [0.15, 0.2) is 0 Å². The topological polar surface area (TPSA) is 6.48 Å². The maximum atomic E-state index is 8.97. The molecule has 0 radical (unpaired) electrons. The number of anilines is 6. The molecule has 0 saturated heterocycles. The van der Waals surface area contributed by atoms with Gasteiger partial charge in [0.2, 0.25) is 0 Å². The van der Waals surface area contributed by atoms with Crippen molar-refractivity contribution >= 4 is 66.4 Å². The lowest BCUT2D eigenvalue weighted by Crippen LogP contribution is -2.10. The summed E-state index contributed by atoms with van der Waals surface area (Å²) in [6.07, 6.45) is 0. The average molecular weight is 633 g/mol. The van der Waals surface area contributed by atoms with E-state index in [1.165, 1.54) is 12.1 Å². The van der Waals surface area contributed by atoms with E-state index in [0.29, 0.717) is 38.1 Å². The zero-order chi connectivity index (χ0) is 49.3. The van der Waals surface area contributed by atoms with Crippen LogP contribution in [0.1, 0.15) is 27.4 Å². The molecule has 0 aliphatic carbocycles. The number of benzene rings is 9. The second kappa shape index (κ2) is 11.8. The van der Waals surface area contributed by atoms with Gasteiger partial charge in [0.25, 0.3) is 0 Å². The Hall–Kier alpha value is -6.38. The van der Waals surface area contributed by atoms with Crippen molar-refractivity contribution in [3.05, 3.63) is 194 Å². The standard InChI is InChI=1S/C46H32N2/c1-5-13-36(14-6-1)47(37-15-7-2-8-16-37)40-27-21-33(22-28-40)41-29-23-34-25-31-43-44(32-26-35-24-30-42(41)45(34)46(35)43)48(38-17-9-3-10-18-38)39-19-11-4-12-20-39/h1-32H/i1D,2D,3D,4D,5D,6D,7D,8D,9D,10D,11D,12D,13D,14D,15D,16D,17D,18D,19D,20D. The molecule has 0 spiro atoms. The molecule has 0 unspecified atom stereocenters. The quantitative estimate of drug-likeness (QED) is 0.161. The fraction of sp³-hybridized carbons (Fsp3) is 0. The molecule has 0 aliphatic heterocycles. The molecule has 0 N–H and O–H groups in total. The number of hydrogen-bond donors (Lipinski definition) is 0. The predicted octanol–water partition coefficient (Wildman–Crippen LogP) is 13.2. The van der Waals surface area contributed by atoms with Crippen molar-refractivity contribution in [1.82, 2.24) is 0 Å². The second-order valence-electron chi connectivity index (χ2n) is 10.7. The molecule has 9 rings (SSSR count). The lowest BCUT2D eigenvalue weighted by atomic mass is 9.89. The molecule has 0 saturated carbocycles. The van der Waals surface area contributed by atoms with Gasteiger partial charge in [-0.25, -0.2) is 0 Å². The van der Waals surface area contributed by atoms with E-state index in [0.717, 1.165) is 15.2 Å². The molecule has 2 heteroatoms. The molecule has 0 amide bonds. The number of rotatable bonds is 7. The first-order valence-corrected chi connectivity index (χ1v) is 14.8. The Balaban J connectivity index is 1.28. The first-order valence-electron chi connectivity index (χ1n) is 24.8. The van der Waals surface area contributed by atoms with Crippen molar-refractivity contribution < 1.29 is 27.4 Å². The monoisotopic (exact) mass is 632 g/mol. The summed E-state index contributed by atoms with van der Waals surface area (Å²) in [5.41, 5.74) is -0.224. The van der Waals surface area contributed by atoms with E-state index in [9.17, 15) is 0 Å². The van der Waals surface area contributed by atoms with Crippen LogP contribution in [0.4, 0.5) is 34.1 Å². The Kier molecular flexibility index (Phi) is 3.47. The van der Waals surface area contributed by atoms with Gasteiger partial charge in [0.1, 0.15) is 0 Å². The van der Waals surface area contributed by atoms with Crippen LogP contribution in [-0.4, -0.2) is 0 Å². The normalized spacial score (nSPS) is 17.2. The van der Waals surface area contributed by atoms with E-state index in [1.54, 1.807) is 36.4 Å². The minimum Gasteiger partial charge on any atom is -0.311 e. The van der Waals surface area contributed by atoms with Crippen molar-refractivity contribution in [3.63, 3.8) is 0 Å². The lowest BCUT2D eigenvalue weighted by Gasteiger charge is -2.27. The fourth-order valence-corrected chi connectivity index (χ4v) is 6.17. The van der Waals surface area contributed by atoms with Crippen molar-refractivity contribution in [2.75, 3.05) is 9.80 Å². The van der Waals surface area contributed by atoms with Gasteiger partial charge in [-0.2, -0.15) is 0 Å². The summed E-state index contributed by atoms with van der Waals surface area (Å²) < 4.78 is 172. The van der Waals surface area contributed by atoms with E-state index >= 15 is 0 Å². The van der Waals surface area contributed by atoms with Gasteiger partial charge in [-0.05, 0) is 105 Å². The molecular formula is C46H32N2. The van der Waals surface area contributed by atoms with E-state index < -0.39 is 144 Å². The van der Waals surface area contributed by atoms with Crippen LogP contribution in [0, 0.1) is 0 Å². The number of hydrogen-bond acceptors (Lipinski definition) is 2. The first-order chi connectivity index (χ1) is 32.1. The predicted molar refractivity (Wildman–Crippen MR) is 205 cm³/mol. The maximum absolute atomic E-state index is 8.97. The van der Waals surface area contributed by atoms with Gasteiger partial charge in [0, 0.05) is 33.8 Å². The van der Waals surface area contributed by atoms with Gasteiger partial charge < -0.3 is 9.80 Å². The third kappa shape index (κ3) is 4.74. The summed E-state index contributed by atoms with van der Waals surface area (Å²) in [5.74, 6) is 0. The molecule has 9 aromatic rings. The van der Waals surface area contributed by atoms with E-state index in [-0.39, 0.29) is 11.4 Å². The highest BCUT2D eigenvalue weighted by Gasteiger charge is 2.19. The molecule has 0 aromatic heterocycles. The molecule has 9 aromatic carbocycles. The number of nitrogens with zero attached hydrogens (tertiary/aromatic N) is 2. The lowest BCUT2D eigenvalue weighted by molar-refractivity contribution is 1.28. The summed E-state index contributed by atoms with van der Waals surface area (Å²) in [5, 5.41) is 3.97. The van der Waals surface area contributed by atoms with Crippen LogP contribution in [0.5, 0.6) is 0 Å². The minimum absolute atomic E-state index is 0.105. The summed E-state index contributed by atoms with van der Waals surface area (Å²) in [7, 11) is 0. The van der Waals surface area contributed by atoms with Gasteiger partial charge in [0.05, 0.1) is 33.1 Å². The van der Waals surface area contributed by atoms with Crippen LogP contribution in [0.2, 0.25) is 0 Å². The van der Waals surface area contributed by atoms with E-state index in [2.05, 4.69) is 0 Å². The molecule has 0 atom stereocenters. The van der Waals surface area contributed by atoms with Crippen molar-refractivity contribution in [2.45, 2.75) is 0 Å². The Morgan fingerprint density at radius 1 is 0.333 bits per heavy atom. The van der Waals surface area contributed by atoms with Crippen LogP contribution >= 0.6 is 0 Å². The SMILES string of the molecule is [2H]c1c([2H])c([2H])c(N(c2ccc(-c3ccc4ccc5c(N(c6c([2H])c([2H])c([2H])c([2H])c6[2H])c6c([2H])c([2H])c([2H])c([2H])c6[2H])ccc6ccc3c4c65)cc2)c2c([2H])c([2H])c([2H])c([2H])c2[2H])c([2H])c1[2H]. The van der Waals surface area contributed by atoms with Crippen molar-refractivity contribution in [1.29, 1.82) is 0 Å². The Bertz CT molecular complexity index is 3400. The van der Waals surface area contributed by atoms with Gasteiger partial charge in [-0.1, -0.05) is 127 Å². The highest BCUT2D eigenvalue weighted by molar-refractivity contribution is 6.27.